The van der Waals surface area contributed by atoms with Gasteiger partial charge in [0.2, 0.25) is 5.91 Å². The molecule has 1 aromatic heterocycles. The van der Waals surface area contributed by atoms with Crippen LogP contribution in [0.15, 0.2) is 6.20 Å². The number of amides is 1. The molecule has 16 heavy (non-hydrogen) atoms. The monoisotopic (exact) mass is 285 g/mol. The topological polar surface area (TPSA) is 68.0 Å². The van der Waals surface area contributed by atoms with Gasteiger partial charge in [-0.1, -0.05) is 6.92 Å². The number of hydrogen-bond acceptors (Lipinski definition) is 4. The number of halogens is 2. The second-order valence-corrected chi connectivity index (χ2v) is 4.09. The van der Waals surface area contributed by atoms with E-state index in [1.54, 1.807) is 11.3 Å². The maximum Gasteiger partial charge on any atom is 0.221 e. The highest BCUT2D eigenvalue weighted by Crippen LogP contribution is 2.12. The van der Waals surface area contributed by atoms with Crippen LogP contribution < -0.4 is 11.1 Å². The summed E-state index contributed by atoms with van der Waals surface area (Å²) in [6.45, 7) is 3.00. The zero-order valence-corrected chi connectivity index (χ0v) is 11.5. The molecule has 0 aliphatic carbocycles. The molecule has 0 spiro atoms. The van der Waals surface area contributed by atoms with Crippen molar-refractivity contribution in [1.29, 1.82) is 0 Å². The molecular formula is C9H17Cl2N3OS. The predicted octanol–water partition coefficient (Wildman–Crippen LogP) is 1.51. The molecule has 1 rings (SSSR count). The molecular weight excluding hydrogens is 269 g/mol. The first-order chi connectivity index (χ1) is 6.76. The molecule has 0 radical (unpaired) electrons. The Hall–Kier alpha value is -0.360. The van der Waals surface area contributed by atoms with Crippen LogP contribution in [0.1, 0.15) is 23.2 Å². The van der Waals surface area contributed by atoms with Gasteiger partial charge < -0.3 is 11.1 Å². The number of thiazole rings is 1. The second kappa shape index (κ2) is 9.84. The van der Waals surface area contributed by atoms with Gasteiger partial charge >= 0.3 is 0 Å². The molecule has 7 heteroatoms. The fraction of sp³-hybridized carbons (Fsp3) is 0.556. The van der Waals surface area contributed by atoms with Crippen LogP contribution in [0.3, 0.4) is 0 Å². The molecule has 0 saturated carbocycles. The van der Waals surface area contributed by atoms with Crippen LogP contribution in [0.2, 0.25) is 0 Å². The summed E-state index contributed by atoms with van der Waals surface area (Å²) in [4.78, 5) is 16.5. The summed E-state index contributed by atoms with van der Waals surface area (Å²) < 4.78 is 0. The minimum absolute atomic E-state index is 0. The van der Waals surface area contributed by atoms with Gasteiger partial charge in [-0.05, 0) is 6.42 Å². The normalized spacial score (nSPS) is 8.88. The number of aryl methyl sites for hydroxylation is 1. The first kappa shape index (κ1) is 18.0. The molecule has 0 atom stereocenters. The minimum atomic E-state index is -0.0132. The molecule has 1 aromatic rings. The van der Waals surface area contributed by atoms with Crippen LogP contribution in [0, 0.1) is 0 Å². The Balaban J connectivity index is 0. The maximum absolute atomic E-state index is 11.1. The highest BCUT2D eigenvalue weighted by atomic mass is 35.5. The van der Waals surface area contributed by atoms with Crippen molar-refractivity contribution in [1.82, 2.24) is 10.3 Å². The highest BCUT2D eigenvalue weighted by molar-refractivity contribution is 7.11. The summed E-state index contributed by atoms with van der Waals surface area (Å²) in [5, 5.41) is 3.72. The highest BCUT2D eigenvalue weighted by Gasteiger charge is 2.02. The van der Waals surface area contributed by atoms with E-state index in [0.717, 1.165) is 11.4 Å². The van der Waals surface area contributed by atoms with E-state index in [2.05, 4.69) is 17.2 Å². The fourth-order valence-electron chi connectivity index (χ4n) is 0.987. The molecule has 94 valence electrons. The molecule has 0 saturated heterocycles. The van der Waals surface area contributed by atoms with E-state index in [4.69, 9.17) is 5.73 Å². The van der Waals surface area contributed by atoms with Crippen LogP contribution in [-0.4, -0.2) is 17.4 Å². The van der Waals surface area contributed by atoms with Crippen molar-refractivity contribution in [3.8, 4) is 0 Å². The van der Waals surface area contributed by atoms with Gasteiger partial charge in [0.05, 0.1) is 6.54 Å². The fourth-order valence-corrected chi connectivity index (χ4v) is 1.79. The summed E-state index contributed by atoms with van der Waals surface area (Å²) >= 11 is 1.64. The number of nitrogens with zero attached hydrogens (tertiary/aromatic N) is 1. The number of rotatable bonds is 5. The Morgan fingerprint density at radius 3 is 2.75 bits per heavy atom. The van der Waals surface area contributed by atoms with Crippen LogP contribution in [0.5, 0.6) is 0 Å². The number of carbonyl (C=O) groups is 1. The van der Waals surface area contributed by atoms with Crippen LogP contribution in [0.25, 0.3) is 0 Å². The van der Waals surface area contributed by atoms with Crippen molar-refractivity contribution in [2.45, 2.75) is 26.3 Å². The van der Waals surface area contributed by atoms with Crippen molar-refractivity contribution in [3.05, 3.63) is 16.1 Å². The molecule has 0 fully saturated rings. The SMILES string of the molecule is CCc1cnc(CNC(=O)CCN)s1.Cl.Cl. The summed E-state index contributed by atoms with van der Waals surface area (Å²) in [6, 6.07) is 0. The third-order valence-corrected chi connectivity index (χ3v) is 2.90. The number of aromatic nitrogens is 1. The van der Waals surface area contributed by atoms with E-state index in [0.29, 0.717) is 19.5 Å². The number of nitrogens with two attached hydrogens (primary N) is 1. The first-order valence-electron chi connectivity index (χ1n) is 4.66. The summed E-state index contributed by atoms with van der Waals surface area (Å²) in [7, 11) is 0. The lowest BCUT2D eigenvalue weighted by molar-refractivity contribution is -0.121. The summed E-state index contributed by atoms with van der Waals surface area (Å²) in [5.41, 5.74) is 5.25. The van der Waals surface area contributed by atoms with Gasteiger partial charge in [0, 0.05) is 24.0 Å². The Kier molecular flexibility index (Phi) is 11.1. The van der Waals surface area contributed by atoms with Crippen LogP contribution in [-0.2, 0) is 17.8 Å². The first-order valence-corrected chi connectivity index (χ1v) is 5.48. The molecule has 0 aromatic carbocycles. The van der Waals surface area contributed by atoms with Gasteiger partial charge in [-0.2, -0.15) is 0 Å². The van der Waals surface area contributed by atoms with Gasteiger partial charge in [-0.25, -0.2) is 4.98 Å². The van der Waals surface area contributed by atoms with Gasteiger partial charge in [0.25, 0.3) is 0 Å². The molecule has 1 heterocycles. The maximum atomic E-state index is 11.1. The number of nitrogens with one attached hydrogen (secondary N) is 1. The van der Waals surface area contributed by atoms with Crippen LogP contribution in [0.4, 0.5) is 0 Å². The minimum Gasteiger partial charge on any atom is -0.350 e. The third-order valence-electron chi connectivity index (χ3n) is 1.76. The predicted molar refractivity (Wildman–Crippen MR) is 71.5 cm³/mol. The van der Waals surface area contributed by atoms with Crippen LogP contribution >= 0.6 is 36.2 Å². The van der Waals surface area contributed by atoms with Crippen molar-refractivity contribution < 1.29 is 4.79 Å². The molecule has 0 unspecified atom stereocenters. The molecule has 0 aliphatic heterocycles. The Morgan fingerprint density at radius 2 is 2.25 bits per heavy atom. The Morgan fingerprint density at radius 1 is 1.56 bits per heavy atom. The largest absolute Gasteiger partial charge is 0.350 e. The van der Waals surface area contributed by atoms with Crippen molar-refractivity contribution in [3.63, 3.8) is 0 Å². The van der Waals surface area contributed by atoms with Crippen molar-refractivity contribution >= 4 is 42.1 Å². The average Bonchev–Trinajstić information content (AvgIpc) is 2.63. The Bertz CT molecular complexity index is 307. The molecule has 3 N–H and O–H groups in total. The summed E-state index contributed by atoms with van der Waals surface area (Å²) in [6.07, 6.45) is 3.23. The van der Waals surface area contributed by atoms with Gasteiger partial charge in [0.15, 0.2) is 0 Å². The lowest BCUT2D eigenvalue weighted by Gasteiger charge is -2.00. The standard InChI is InChI=1S/C9H15N3OS.2ClH/c1-2-7-5-12-9(14-7)6-11-8(13)3-4-10;;/h5H,2-4,6,10H2,1H3,(H,11,13);2*1H. The van der Waals surface area contributed by atoms with Crippen molar-refractivity contribution in [2.75, 3.05) is 6.54 Å². The van der Waals surface area contributed by atoms with Gasteiger partial charge in [0.1, 0.15) is 5.01 Å². The molecule has 0 aliphatic rings. The second-order valence-electron chi connectivity index (χ2n) is 2.89. The zero-order chi connectivity index (χ0) is 10.4. The van der Waals surface area contributed by atoms with E-state index in [9.17, 15) is 4.79 Å². The zero-order valence-electron chi connectivity index (χ0n) is 9.06. The lowest BCUT2D eigenvalue weighted by atomic mass is 10.4. The third kappa shape index (κ3) is 6.27. The van der Waals surface area contributed by atoms with Crippen molar-refractivity contribution in [2.24, 2.45) is 5.73 Å². The quantitative estimate of drug-likeness (QED) is 0.862. The molecule has 1 amide bonds. The van der Waals surface area contributed by atoms with Gasteiger partial charge in [-0.3, -0.25) is 4.79 Å². The van der Waals surface area contributed by atoms with E-state index in [-0.39, 0.29) is 30.7 Å². The smallest absolute Gasteiger partial charge is 0.221 e. The van der Waals surface area contributed by atoms with E-state index in [1.165, 1.54) is 4.88 Å². The summed E-state index contributed by atoms with van der Waals surface area (Å²) in [5.74, 6) is -0.0132. The number of hydrogen-bond donors (Lipinski definition) is 2. The Labute approximate surface area is 112 Å². The lowest BCUT2D eigenvalue weighted by Crippen LogP contribution is -2.24. The van der Waals surface area contributed by atoms with E-state index >= 15 is 0 Å². The average molecular weight is 286 g/mol. The van der Waals surface area contributed by atoms with E-state index < -0.39 is 0 Å². The van der Waals surface area contributed by atoms with Gasteiger partial charge in [-0.15, -0.1) is 36.2 Å². The molecule has 0 bridgehead atoms. The van der Waals surface area contributed by atoms with E-state index in [1.807, 2.05) is 6.20 Å². The number of carbonyl (C=O) groups excluding carboxylic acids is 1. The molecule has 4 nitrogen and oxygen atoms in total.